The van der Waals surface area contributed by atoms with Crippen molar-refractivity contribution in [3.8, 4) is 22.4 Å². The van der Waals surface area contributed by atoms with E-state index in [1.54, 1.807) is 31.3 Å². The molecule has 12 heteroatoms. The smallest absolute Gasteiger partial charge is 0.437 e. The first-order valence-electron chi connectivity index (χ1n) is 10.6. The maximum Gasteiger partial charge on any atom is 0.490 e. The second kappa shape index (κ2) is 8.65. The van der Waals surface area contributed by atoms with E-state index >= 15 is 4.39 Å². The zero-order chi connectivity index (χ0) is 24.9. The van der Waals surface area contributed by atoms with Gasteiger partial charge in [0, 0.05) is 42.0 Å². The van der Waals surface area contributed by atoms with E-state index in [2.05, 4.69) is 20.1 Å². The van der Waals surface area contributed by atoms with Gasteiger partial charge in [0.2, 0.25) is 0 Å². The quantitative estimate of drug-likeness (QED) is 0.316. The number of hydrogen-bond donors (Lipinski definition) is 1. The topological polar surface area (TPSA) is 74.0 Å². The number of aryl methyl sites for hydroxylation is 1. The van der Waals surface area contributed by atoms with E-state index < -0.39 is 24.7 Å². The van der Waals surface area contributed by atoms with Gasteiger partial charge in [0.15, 0.2) is 12.5 Å². The molecule has 1 aliphatic rings. The largest absolute Gasteiger partial charge is 0.490 e. The van der Waals surface area contributed by atoms with Gasteiger partial charge in [0.05, 0.1) is 17.3 Å². The van der Waals surface area contributed by atoms with Gasteiger partial charge < -0.3 is 10.1 Å². The van der Waals surface area contributed by atoms with Gasteiger partial charge in [-0.3, -0.25) is 9.25 Å². The lowest BCUT2D eigenvalue weighted by Crippen LogP contribution is -2.28. The number of nitrogens with one attached hydrogen (secondary N) is 1. The summed E-state index contributed by atoms with van der Waals surface area (Å²) in [6, 6.07) is 6.44. The van der Waals surface area contributed by atoms with Crippen molar-refractivity contribution in [2.75, 3.05) is 6.54 Å². The van der Waals surface area contributed by atoms with Crippen LogP contribution in [0.3, 0.4) is 0 Å². The molecule has 35 heavy (non-hydrogen) atoms. The lowest BCUT2D eigenvalue weighted by molar-refractivity contribution is -0.203. The van der Waals surface area contributed by atoms with Crippen LogP contribution in [-0.2, 0) is 29.4 Å². The molecule has 0 saturated heterocycles. The Morgan fingerprint density at radius 2 is 2.06 bits per heavy atom. The minimum atomic E-state index is -5.10. The molecule has 4 aromatic rings. The number of alkyl halides is 3. The second-order valence-electron chi connectivity index (χ2n) is 8.07. The summed E-state index contributed by atoms with van der Waals surface area (Å²) >= 11 is 6.05. The van der Waals surface area contributed by atoms with Crippen LogP contribution in [0.25, 0.3) is 33.4 Å². The summed E-state index contributed by atoms with van der Waals surface area (Å²) in [7, 11) is 0. The average Bonchev–Trinajstić information content (AvgIpc) is 3.36. The number of carbonyl (C=O) groups excluding carboxylic acids is 1. The molecule has 0 atom stereocenters. The maximum absolute atomic E-state index is 15.1. The summed E-state index contributed by atoms with van der Waals surface area (Å²) in [5.41, 5.74) is 3.80. The van der Waals surface area contributed by atoms with Crippen molar-refractivity contribution >= 4 is 28.6 Å². The summed E-state index contributed by atoms with van der Waals surface area (Å²) in [5.74, 6) is -2.89. The first-order chi connectivity index (χ1) is 16.7. The van der Waals surface area contributed by atoms with Gasteiger partial charge in [-0.25, -0.2) is 14.2 Å². The van der Waals surface area contributed by atoms with Crippen LogP contribution in [-0.4, -0.2) is 38.0 Å². The summed E-state index contributed by atoms with van der Waals surface area (Å²) in [5, 5.41) is 8.57. The number of aromatic nitrogens is 4. The minimum Gasteiger partial charge on any atom is -0.437 e. The van der Waals surface area contributed by atoms with Crippen LogP contribution in [0.5, 0.6) is 0 Å². The summed E-state index contributed by atoms with van der Waals surface area (Å²) in [6.45, 7) is 2.85. The highest BCUT2D eigenvalue weighted by Crippen LogP contribution is 2.41. The monoisotopic (exact) mass is 507 g/mol. The first kappa shape index (κ1) is 23.3. The van der Waals surface area contributed by atoms with Crippen LogP contribution in [0, 0.1) is 12.7 Å². The summed E-state index contributed by atoms with van der Waals surface area (Å²) in [6.07, 6.45) is -2.05. The van der Waals surface area contributed by atoms with Gasteiger partial charge in [-0.05, 0) is 36.2 Å². The number of ether oxygens (including phenoxy) is 1. The summed E-state index contributed by atoms with van der Waals surface area (Å²) in [4.78, 5) is 15.5. The predicted octanol–water partition coefficient (Wildman–Crippen LogP) is 4.83. The Morgan fingerprint density at radius 3 is 2.83 bits per heavy atom. The fraction of sp³-hybridized carbons (Fsp3) is 0.261. The van der Waals surface area contributed by atoms with E-state index in [1.807, 2.05) is 4.68 Å². The van der Waals surface area contributed by atoms with E-state index in [9.17, 15) is 18.0 Å². The van der Waals surface area contributed by atoms with Gasteiger partial charge in [-0.1, -0.05) is 17.7 Å². The summed E-state index contributed by atoms with van der Waals surface area (Å²) < 4.78 is 60.4. The molecule has 0 amide bonds. The van der Waals surface area contributed by atoms with E-state index in [0.29, 0.717) is 53.1 Å². The van der Waals surface area contributed by atoms with Gasteiger partial charge in [-0.15, -0.1) is 0 Å². The molecule has 5 rings (SSSR count). The van der Waals surface area contributed by atoms with Crippen LogP contribution in [0.2, 0.25) is 5.02 Å². The molecule has 4 heterocycles. The third-order valence-electron chi connectivity index (χ3n) is 5.84. The molecule has 0 spiro atoms. The molecule has 0 radical (unpaired) electrons. The van der Waals surface area contributed by atoms with Crippen molar-refractivity contribution in [2.45, 2.75) is 32.9 Å². The average molecular weight is 508 g/mol. The molecule has 0 saturated carbocycles. The van der Waals surface area contributed by atoms with E-state index in [1.165, 1.54) is 16.8 Å². The zero-order valence-corrected chi connectivity index (χ0v) is 19.0. The predicted molar refractivity (Wildman–Crippen MR) is 120 cm³/mol. The van der Waals surface area contributed by atoms with E-state index in [0.717, 1.165) is 5.69 Å². The van der Waals surface area contributed by atoms with Crippen molar-refractivity contribution in [3.63, 3.8) is 0 Å². The molecule has 1 aromatic carbocycles. The van der Waals surface area contributed by atoms with Gasteiger partial charge in [-0.2, -0.15) is 18.3 Å². The molecule has 0 fully saturated rings. The van der Waals surface area contributed by atoms with Crippen molar-refractivity contribution < 1.29 is 27.1 Å². The molecule has 3 aromatic heterocycles. The van der Waals surface area contributed by atoms with Crippen LogP contribution < -0.4 is 5.32 Å². The maximum atomic E-state index is 15.1. The minimum absolute atomic E-state index is 0.0359. The van der Waals surface area contributed by atoms with Crippen molar-refractivity contribution in [1.82, 2.24) is 24.6 Å². The van der Waals surface area contributed by atoms with Crippen LogP contribution in [0.1, 0.15) is 11.3 Å². The van der Waals surface area contributed by atoms with Gasteiger partial charge in [0.1, 0.15) is 11.3 Å². The number of carbonyl (C=O) groups is 1. The van der Waals surface area contributed by atoms with Gasteiger partial charge in [0.25, 0.3) is 0 Å². The molecule has 7 nitrogen and oxygen atoms in total. The Hall–Kier alpha value is -3.44. The highest BCUT2D eigenvalue weighted by atomic mass is 35.5. The van der Waals surface area contributed by atoms with Gasteiger partial charge >= 0.3 is 12.1 Å². The van der Waals surface area contributed by atoms with Crippen LogP contribution in [0.4, 0.5) is 17.6 Å². The lowest BCUT2D eigenvalue weighted by Gasteiger charge is -2.17. The van der Waals surface area contributed by atoms with Crippen molar-refractivity contribution in [2.24, 2.45) is 0 Å². The highest BCUT2D eigenvalue weighted by molar-refractivity contribution is 6.31. The Bertz CT molecular complexity index is 1460. The van der Waals surface area contributed by atoms with Crippen molar-refractivity contribution in [1.29, 1.82) is 0 Å². The highest BCUT2D eigenvalue weighted by Gasteiger charge is 2.41. The molecular weight excluding hydrogens is 490 g/mol. The number of halogens is 5. The van der Waals surface area contributed by atoms with Crippen LogP contribution >= 0.6 is 11.6 Å². The molecule has 0 aliphatic carbocycles. The first-order valence-corrected chi connectivity index (χ1v) is 11.0. The number of pyridine rings is 1. The Kier molecular flexibility index (Phi) is 5.76. The Labute approximate surface area is 201 Å². The Balaban J connectivity index is 1.69. The SMILES string of the molecule is Cc1cn(COC(=O)C(F)(F)F)c2nccc(-c3c(-c4cccc(Cl)c4F)nn4c3CNCC4)c12. The number of benzene rings is 1. The fourth-order valence-electron chi connectivity index (χ4n) is 4.34. The number of nitrogens with zero attached hydrogens (tertiary/aromatic N) is 4. The third-order valence-corrected chi connectivity index (χ3v) is 6.13. The molecule has 1 N–H and O–H groups in total. The zero-order valence-electron chi connectivity index (χ0n) is 18.3. The van der Waals surface area contributed by atoms with E-state index in [4.69, 9.17) is 11.6 Å². The molecular formula is C23H18ClF4N5O2. The number of rotatable bonds is 4. The lowest BCUT2D eigenvalue weighted by atomic mass is 9.95. The standard InChI is InChI=1S/C23H18ClF4N5O2/c1-12-10-32(11-35-22(34)23(26,27)28)21-17(12)13(5-6-30-21)18-16-9-29-7-8-33(16)31-20(18)14-3-2-4-15(24)19(14)25/h2-6,10,29H,7-9,11H2,1H3. The third kappa shape index (κ3) is 4.04. The number of esters is 1. The second-order valence-corrected chi connectivity index (χ2v) is 8.48. The number of hydrogen-bond acceptors (Lipinski definition) is 5. The molecule has 1 aliphatic heterocycles. The molecule has 0 bridgehead atoms. The molecule has 182 valence electrons. The number of fused-ring (bicyclic) bond motifs is 2. The Morgan fingerprint density at radius 1 is 1.26 bits per heavy atom. The molecule has 0 unspecified atom stereocenters. The van der Waals surface area contributed by atoms with Crippen molar-refractivity contribution in [3.05, 3.63) is 58.8 Å². The fourth-order valence-corrected chi connectivity index (χ4v) is 4.52. The van der Waals surface area contributed by atoms with E-state index in [-0.39, 0.29) is 10.6 Å². The van der Waals surface area contributed by atoms with Crippen LogP contribution in [0.15, 0.2) is 36.7 Å². The normalized spacial score (nSPS) is 13.8.